The number of carbonyl (C=O) groups is 1. The second-order valence-corrected chi connectivity index (χ2v) is 7.92. The number of amides is 1. The summed E-state index contributed by atoms with van der Waals surface area (Å²) in [6.07, 6.45) is 7.56. The molecule has 0 atom stereocenters. The molecule has 2 aliphatic rings. The third kappa shape index (κ3) is 4.67. The molecule has 6 heteroatoms. The summed E-state index contributed by atoms with van der Waals surface area (Å²) in [5.41, 5.74) is 0. The molecule has 0 saturated carbocycles. The van der Waals surface area contributed by atoms with Crippen LogP contribution in [-0.2, 0) is 4.79 Å². The van der Waals surface area contributed by atoms with Gasteiger partial charge in [0.1, 0.15) is 0 Å². The molecular formula is C17H28N4OS. The number of nitrogens with one attached hydrogen (secondary N) is 1. The van der Waals surface area contributed by atoms with Crippen LogP contribution < -0.4 is 10.2 Å². The number of aromatic nitrogens is 1. The lowest BCUT2D eigenvalue weighted by Crippen LogP contribution is -2.41. The van der Waals surface area contributed by atoms with E-state index in [1.807, 2.05) is 6.20 Å². The van der Waals surface area contributed by atoms with Gasteiger partial charge in [-0.1, -0.05) is 0 Å². The summed E-state index contributed by atoms with van der Waals surface area (Å²) in [5, 5.41) is 4.24. The Morgan fingerprint density at radius 2 is 2.04 bits per heavy atom. The molecule has 3 rings (SSSR count). The number of thiazole rings is 1. The van der Waals surface area contributed by atoms with E-state index >= 15 is 0 Å². The Balaban J connectivity index is 1.33. The van der Waals surface area contributed by atoms with Crippen LogP contribution in [0.15, 0.2) is 6.20 Å². The number of nitrogens with zero attached hydrogens (tertiary/aromatic N) is 3. The average molecular weight is 337 g/mol. The van der Waals surface area contributed by atoms with E-state index in [2.05, 4.69) is 27.0 Å². The van der Waals surface area contributed by atoms with E-state index in [0.717, 1.165) is 50.6 Å². The quantitative estimate of drug-likeness (QED) is 0.810. The van der Waals surface area contributed by atoms with Crippen LogP contribution in [0.3, 0.4) is 0 Å². The molecule has 1 aromatic rings. The molecule has 2 aliphatic heterocycles. The standard InChI is InChI=1S/C17H28N4OS/c1-14-13-19-17(23-14)21-11-5-15(6-12-21)16(22)18-7-4-10-20-8-2-3-9-20/h13,15H,2-12H2,1H3,(H,18,22). The molecule has 0 aliphatic carbocycles. The van der Waals surface area contributed by atoms with Gasteiger partial charge in [-0.05, 0) is 58.7 Å². The van der Waals surface area contributed by atoms with Gasteiger partial charge in [0.25, 0.3) is 0 Å². The number of likely N-dealkylation sites (tertiary alicyclic amines) is 1. The van der Waals surface area contributed by atoms with E-state index in [1.54, 1.807) is 11.3 Å². The summed E-state index contributed by atoms with van der Waals surface area (Å²) in [5.74, 6) is 0.431. The Morgan fingerprint density at radius 1 is 1.30 bits per heavy atom. The van der Waals surface area contributed by atoms with Gasteiger partial charge in [-0.25, -0.2) is 4.98 Å². The van der Waals surface area contributed by atoms with Crippen LogP contribution in [-0.4, -0.2) is 55.1 Å². The minimum Gasteiger partial charge on any atom is -0.356 e. The molecule has 5 nitrogen and oxygen atoms in total. The molecule has 1 N–H and O–H groups in total. The SMILES string of the molecule is Cc1cnc(N2CCC(C(=O)NCCCN3CCCC3)CC2)s1. The number of aryl methyl sites for hydroxylation is 1. The fourth-order valence-corrected chi connectivity index (χ4v) is 4.30. The predicted octanol–water partition coefficient (Wildman–Crippen LogP) is 2.27. The first-order valence-corrected chi connectivity index (χ1v) is 9.71. The molecule has 0 spiro atoms. The van der Waals surface area contributed by atoms with E-state index in [4.69, 9.17) is 0 Å². The van der Waals surface area contributed by atoms with Crippen molar-refractivity contribution in [3.63, 3.8) is 0 Å². The highest BCUT2D eigenvalue weighted by atomic mass is 32.1. The molecule has 1 amide bonds. The third-order valence-electron chi connectivity index (χ3n) is 4.89. The summed E-state index contributed by atoms with van der Waals surface area (Å²) in [6.45, 7) is 8.40. The Labute approximate surface area is 143 Å². The van der Waals surface area contributed by atoms with Crippen LogP contribution >= 0.6 is 11.3 Å². The maximum Gasteiger partial charge on any atom is 0.223 e. The fourth-order valence-electron chi connectivity index (χ4n) is 3.49. The highest BCUT2D eigenvalue weighted by Crippen LogP contribution is 2.26. The fraction of sp³-hybridized carbons (Fsp3) is 0.765. The first kappa shape index (κ1) is 16.7. The lowest BCUT2D eigenvalue weighted by molar-refractivity contribution is -0.125. The minimum atomic E-state index is 0.180. The summed E-state index contributed by atoms with van der Waals surface area (Å²) in [6, 6.07) is 0. The molecule has 0 unspecified atom stereocenters. The number of anilines is 1. The zero-order chi connectivity index (χ0) is 16.1. The van der Waals surface area contributed by atoms with Crippen LogP contribution in [0.1, 0.15) is 37.0 Å². The molecule has 128 valence electrons. The van der Waals surface area contributed by atoms with E-state index in [1.165, 1.54) is 30.8 Å². The van der Waals surface area contributed by atoms with Crippen molar-refractivity contribution in [1.29, 1.82) is 0 Å². The minimum absolute atomic E-state index is 0.180. The van der Waals surface area contributed by atoms with Crippen molar-refractivity contribution < 1.29 is 4.79 Å². The van der Waals surface area contributed by atoms with Crippen LogP contribution in [0.4, 0.5) is 5.13 Å². The van der Waals surface area contributed by atoms with Crippen LogP contribution in [0, 0.1) is 12.8 Å². The van der Waals surface area contributed by atoms with Gasteiger partial charge in [-0.3, -0.25) is 4.79 Å². The molecule has 0 aromatic carbocycles. The van der Waals surface area contributed by atoms with Crippen molar-refractivity contribution >= 4 is 22.4 Å². The Kier molecular flexibility index (Phi) is 5.89. The topological polar surface area (TPSA) is 48.5 Å². The predicted molar refractivity (Wildman–Crippen MR) is 95.1 cm³/mol. The number of hydrogen-bond donors (Lipinski definition) is 1. The first-order valence-electron chi connectivity index (χ1n) is 8.90. The van der Waals surface area contributed by atoms with Gasteiger partial charge in [0.15, 0.2) is 5.13 Å². The van der Waals surface area contributed by atoms with Gasteiger partial charge >= 0.3 is 0 Å². The summed E-state index contributed by atoms with van der Waals surface area (Å²) < 4.78 is 0. The van der Waals surface area contributed by atoms with Gasteiger partial charge < -0.3 is 15.1 Å². The molecule has 2 fully saturated rings. The molecule has 23 heavy (non-hydrogen) atoms. The summed E-state index contributed by atoms with van der Waals surface area (Å²) in [4.78, 5) is 22.8. The van der Waals surface area contributed by atoms with Crippen molar-refractivity contribution in [2.45, 2.75) is 39.0 Å². The Hall–Kier alpha value is -1.14. The van der Waals surface area contributed by atoms with Gasteiger partial charge in [-0.15, -0.1) is 11.3 Å². The summed E-state index contributed by atoms with van der Waals surface area (Å²) in [7, 11) is 0. The molecule has 0 radical (unpaired) electrons. The molecule has 3 heterocycles. The highest BCUT2D eigenvalue weighted by molar-refractivity contribution is 7.15. The summed E-state index contributed by atoms with van der Waals surface area (Å²) >= 11 is 1.74. The largest absolute Gasteiger partial charge is 0.356 e. The number of carbonyl (C=O) groups excluding carboxylic acids is 1. The van der Waals surface area contributed by atoms with Crippen LogP contribution in [0.2, 0.25) is 0 Å². The second kappa shape index (κ2) is 8.11. The number of rotatable bonds is 6. The van der Waals surface area contributed by atoms with Crippen molar-refractivity contribution in [2.24, 2.45) is 5.92 Å². The normalized spacial score (nSPS) is 20.1. The van der Waals surface area contributed by atoms with Crippen molar-refractivity contribution in [3.05, 3.63) is 11.1 Å². The molecule has 2 saturated heterocycles. The van der Waals surface area contributed by atoms with Gasteiger partial charge in [0.2, 0.25) is 5.91 Å². The van der Waals surface area contributed by atoms with E-state index in [0.29, 0.717) is 0 Å². The number of piperidine rings is 1. The van der Waals surface area contributed by atoms with E-state index in [-0.39, 0.29) is 11.8 Å². The molecular weight excluding hydrogens is 308 g/mol. The molecule has 1 aromatic heterocycles. The zero-order valence-electron chi connectivity index (χ0n) is 14.1. The second-order valence-electron chi connectivity index (χ2n) is 6.71. The lowest BCUT2D eigenvalue weighted by Gasteiger charge is -2.31. The van der Waals surface area contributed by atoms with Crippen LogP contribution in [0.5, 0.6) is 0 Å². The highest BCUT2D eigenvalue weighted by Gasteiger charge is 2.25. The number of hydrogen-bond acceptors (Lipinski definition) is 5. The van der Waals surface area contributed by atoms with Gasteiger partial charge in [0, 0.05) is 36.6 Å². The van der Waals surface area contributed by atoms with Gasteiger partial charge in [-0.2, -0.15) is 0 Å². The van der Waals surface area contributed by atoms with Crippen molar-refractivity contribution in [2.75, 3.05) is 44.2 Å². The van der Waals surface area contributed by atoms with Crippen molar-refractivity contribution in [1.82, 2.24) is 15.2 Å². The first-order chi connectivity index (χ1) is 11.2. The Bertz CT molecular complexity index is 504. The van der Waals surface area contributed by atoms with Crippen molar-refractivity contribution in [3.8, 4) is 0 Å². The van der Waals surface area contributed by atoms with E-state index < -0.39 is 0 Å². The van der Waals surface area contributed by atoms with Gasteiger partial charge in [0.05, 0.1) is 0 Å². The maximum atomic E-state index is 12.3. The Morgan fingerprint density at radius 3 is 2.70 bits per heavy atom. The monoisotopic (exact) mass is 336 g/mol. The van der Waals surface area contributed by atoms with E-state index in [9.17, 15) is 4.79 Å². The average Bonchev–Trinajstić information content (AvgIpc) is 3.23. The molecule has 0 bridgehead atoms. The smallest absolute Gasteiger partial charge is 0.223 e. The van der Waals surface area contributed by atoms with Crippen LogP contribution in [0.25, 0.3) is 0 Å². The maximum absolute atomic E-state index is 12.3. The third-order valence-corrected chi connectivity index (χ3v) is 5.87. The lowest BCUT2D eigenvalue weighted by atomic mass is 9.96. The zero-order valence-corrected chi connectivity index (χ0v) is 14.9.